The molecule has 0 fully saturated rings. The van der Waals surface area contributed by atoms with Gasteiger partial charge >= 0.3 is 5.97 Å². The monoisotopic (exact) mass is 392 g/mol. The van der Waals surface area contributed by atoms with Crippen molar-refractivity contribution in [2.75, 3.05) is 6.61 Å². The number of furan rings is 1. The van der Waals surface area contributed by atoms with Gasteiger partial charge in [-0.1, -0.05) is 92.4 Å². The lowest BCUT2D eigenvalue weighted by Gasteiger charge is -2.16. The fourth-order valence-corrected chi connectivity index (χ4v) is 3.76. The molecule has 0 aliphatic rings. The Morgan fingerprint density at radius 1 is 0.821 bits per heavy atom. The highest BCUT2D eigenvalue weighted by atomic mass is 16.5. The van der Waals surface area contributed by atoms with Crippen molar-refractivity contribution in [3.05, 3.63) is 24.2 Å². The van der Waals surface area contributed by atoms with Crippen LogP contribution >= 0.6 is 0 Å². The number of rotatable bonds is 16. The van der Waals surface area contributed by atoms with Gasteiger partial charge in [0, 0.05) is 0 Å². The van der Waals surface area contributed by atoms with Gasteiger partial charge in [0.2, 0.25) is 5.76 Å². The van der Waals surface area contributed by atoms with Crippen molar-refractivity contribution in [2.45, 2.75) is 98.8 Å². The van der Waals surface area contributed by atoms with Crippen molar-refractivity contribution in [1.29, 1.82) is 0 Å². The molecule has 0 spiro atoms. The van der Waals surface area contributed by atoms with E-state index >= 15 is 0 Å². The minimum Gasteiger partial charge on any atom is -0.460 e. The molecule has 1 rings (SSSR count). The van der Waals surface area contributed by atoms with Gasteiger partial charge in [-0.2, -0.15) is 0 Å². The van der Waals surface area contributed by atoms with Crippen LogP contribution in [0.1, 0.15) is 109 Å². The van der Waals surface area contributed by atoms with Crippen LogP contribution < -0.4 is 0 Å². The number of esters is 1. The molecule has 0 saturated heterocycles. The molecule has 3 atom stereocenters. The van der Waals surface area contributed by atoms with E-state index in [0.717, 1.165) is 24.2 Å². The lowest BCUT2D eigenvalue weighted by atomic mass is 9.91. The van der Waals surface area contributed by atoms with Gasteiger partial charge in [-0.05, 0) is 42.2 Å². The molecule has 0 aliphatic carbocycles. The van der Waals surface area contributed by atoms with Crippen LogP contribution in [0.2, 0.25) is 0 Å². The molecule has 3 nitrogen and oxygen atoms in total. The second-order valence-electron chi connectivity index (χ2n) is 9.40. The van der Waals surface area contributed by atoms with Gasteiger partial charge in [-0.15, -0.1) is 0 Å². The SMILES string of the molecule is CC(C)CCCC(C)CCCC(C)CCCC(C)CCOC(=O)c1ccco1. The Morgan fingerprint density at radius 3 is 1.79 bits per heavy atom. The topological polar surface area (TPSA) is 39.4 Å². The Bertz CT molecular complexity index is 492. The number of hydrogen-bond acceptors (Lipinski definition) is 3. The van der Waals surface area contributed by atoms with Crippen molar-refractivity contribution >= 4 is 5.97 Å². The zero-order valence-electron chi connectivity index (χ0n) is 19.0. The standard InChI is InChI=1S/C25H44O3/c1-20(2)10-6-11-21(3)12-7-13-22(4)14-8-15-23(5)17-19-28-25(26)24-16-9-18-27-24/h9,16,18,20-23H,6-8,10-15,17,19H2,1-5H3. The molecule has 0 aromatic carbocycles. The molecule has 0 N–H and O–H groups in total. The Balaban J connectivity index is 1.98. The molecular weight excluding hydrogens is 348 g/mol. The second-order valence-corrected chi connectivity index (χ2v) is 9.40. The summed E-state index contributed by atoms with van der Waals surface area (Å²) in [6.45, 7) is 12.2. The van der Waals surface area contributed by atoms with E-state index < -0.39 is 0 Å². The maximum absolute atomic E-state index is 11.7. The quantitative estimate of drug-likeness (QED) is 0.268. The molecule has 0 aliphatic heterocycles. The predicted octanol–water partition coefficient (Wildman–Crippen LogP) is 7.90. The fourth-order valence-electron chi connectivity index (χ4n) is 3.76. The van der Waals surface area contributed by atoms with Crippen LogP contribution in [0.5, 0.6) is 0 Å². The number of ether oxygens (including phenoxy) is 1. The molecule has 0 amide bonds. The molecule has 1 aromatic heterocycles. The predicted molar refractivity (Wildman–Crippen MR) is 117 cm³/mol. The summed E-state index contributed by atoms with van der Waals surface area (Å²) in [6.07, 6.45) is 14.5. The average molecular weight is 393 g/mol. The zero-order valence-corrected chi connectivity index (χ0v) is 19.0. The minimum atomic E-state index is -0.357. The lowest BCUT2D eigenvalue weighted by Crippen LogP contribution is -2.08. The van der Waals surface area contributed by atoms with Crippen LogP contribution in [0.25, 0.3) is 0 Å². The van der Waals surface area contributed by atoms with E-state index in [4.69, 9.17) is 9.15 Å². The minimum absolute atomic E-state index is 0.288. The summed E-state index contributed by atoms with van der Waals surface area (Å²) in [6, 6.07) is 3.34. The molecule has 28 heavy (non-hydrogen) atoms. The first-order valence-electron chi connectivity index (χ1n) is 11.6. The van der Waals surface area contributed by atoms with Crippen molar-refractivity contribution in [1.82, 2.24) is 0 Å². The third-order valence-electron chi connectivity index (χ3n) is 5.83. The highest BCUT2D eigenvalue weighted by Gasteiger charge is 2.11. The Morgan fingerprint density at radius 2 is 1.32 bits per heavy atom. The van der Waals surface area contributed by atoms with Gasteiger partial charge in [-0.25, -0.2) is 4.79 Å². The average Bonchev–Trinajstić information content (AvgIpc) is 3.16. The van der Waals surface area contributed by atoms with Gasteiger partial charge in [0.1, 0.15) is 0 Å². The van der Waals surface area contributed by atoms with Gasteiger partial charge in [-0.3, -0.25) is 0 Å². The lowest BCUT2D eigenvalue weighted by molar-refractivity contribution is 0.0447. The number of hydrogen-bond donors (Lipinski definition) is 0. The molecule has 162 valence electrons. The van der Waals surface area contributed by atoms with Crippen LogP contribution in [0, 0.1) is 23.7 Å². The number of carbonyl (C=O) groups is 1. The van der Waals surface area contributed by atoms with Crippen LogP contribution in [0.15, 0.2) is 22.8 Å². The van der Waals surface area contributed by atoms with Crippen LogP contribution in [-0.2, 0) is 4.74 Å². The van der Waals surface area contributed by atoms with E-state index in [2.05, 4.69) is 34.6 Å². The van der Waals surface area contributed by atoms with E-state index in [1.54, 1.807) is 12.1 Å². The highest BCUT2D eigenvalue weighted by Crippen LogP contribution is 2.22. The van der Waals surface area contributed by atoms with E-state index in [-0.39, 0.29) is 11.7 Å². The third kappa shape index (κ3) is 12.3. The molecule has 3 heteroatoms. The maximum Gasteiger partial charge on any atom is 0.374 e. The van der Waals surface area contributed by atoms with Gasteiger partial charge in [0.05, 0.1) is 12.9 Å². The van der Waals surface area contributed by atoms with Crippen molar-refractivity contribution in [3.8, 4) is 0 Å². The smallest absolute Gasteiger partial charge is 0.374 e. The first-order chi connectivity index (χ1) is 13.4. The summed E-state index contributed by atoms with van der Waals surface area (Å²) in [5.74, 6) is 3.08. The third-order valence-corrected chi connectivity index (χ3v) is 5.83. The van der Waals surface area contributed by atoms with Crippen LogP contribution in [0.3, 0.4) is 0 Å². The molecular formula is C25H44O3. The number of carbonyl (C=O) groups excluding carboxylic acids is 1. The van der Waals surface area contributed by atoms with Gasteiger partial charge in [0.15, 0.2) is 0 Å². The normalized spacial score (nSPS) is 14.8. The van der Waals surface area contributed by atoms with Crippen molar-refractivity contribution in [2.24, 2.45) is 23.7 Å². The Labute approximate surface area is 173 Å². The summed E-state index contributed by atoms with van der Waals surface area (Å²) >= 11 is 0. The fraction of sp³-hybridized carbons (Fsp3) is 0.800. The summed E-state index contributed by atoms with van der Waals surface area (Å²) in [5.41, 5.74) is 0. The summed E-state index contributed by atoms with van der Waals surface area (Å²) in [4.78, 5) is 11.7. The van der Waals surface area contributed by atoms with Crippen LogP contribution in [-0.4, -0.2) is 12.6 Å². The highest BCUT2D eigenvalue weighted by molar-refractivity contribution is 5.86. The molecule has 0 saturated carbocycles. The van der Waals surface area contributed by atoms with Crippen LogP contribution in [0.4, 0.5) is 0 Å². The second kappa shape index (κ2) is 14.7. The first kappa shape index (κ1) is 24.8. The molecule has 1 heterocycles. The zero-order chi connectivity index (χ0) is 20.8. The molecule has 1 aromatic rings. The van der Waals surface area contributed by atoms with E-state index in [0.29, 0.717) is 12.5 Å². The van der Waals surface area contributed by atoms with E-state index in [1.165, 1.54) is 64.1 Å². The molecule has 0 bridgehead atoms. The maximum atomic E-state index is 11.7. The van der Waals surface area contributed by atoms with Crippen molar-refractivity contribution in [3.63, 3.8) is 0 Å². The Hall–Kier alpha value is -1.25. The summed E-state index contributed by atoms with van der Waals surface area (Å²) < 4.78 is 10.3. The van der Waals surface area contributed by atoms with Gasteiger partial charge in [0.25, 0.3) is 0 Å². The first-order valence-corrected chi connectivity index (χ1v) is 11.6. The largest absolute Gasteiger partial charge is 0.460 e. The van der Waals surface area contributed by atoms with Gasteiger partial charge < -0.3 is 9.15 Å². The van der Waals surface area contributed by atoms with E-state index in [9.17, 15) is 4.79 Å². The molecule has 0 radical (unpaired) electrons. The Kier molecular flexibility index (Phi) is 13.0. The molecule has 3 unspecified atom stereocenters. The summed E-state index contributed by atoms with van der Waals surface area (Å²) in [7, 11) is 0. The van der Waals surface area contributed by atoms with Crippen molar-refractivity contribution < 1.29 is 13.9 Å². The van der Waals surface area contributed by atoms with E-state index in [1.807, 2.05) is 0 Å². The summed E-state index contributed by atoms with van der Waals surface area (Å²) in [5, 5.41) is 0.